The molecule has 1 heterocycles. The fourth-order valence-corrected chi connectivity index (χ4v) is 3.38. The molecule has 148 valence electrons. The molecule has 8 nitrogen and oxygen atoms in total. The van der Waals surface area contributed by atoms with Crippen molar-refractivity contribution < 1.29 is 14.5 Å². The van der Waals surface area contributed by atoms with Gasteiger partial charge in [-0.3, -0.25) is 19.7 Å². The highest BCUT2D eigenvalue weighted by atomic mass is 35.5. The van der Waals surface area contributed by atoms with Crippen LogP contribution in [0.5, 0.6) is 0 Å². The minimum Gasteiger partial charge on any atom is -0.325 e. The van der Waals surface area contributed by atoms with Gasteiger partial charge >= 0.3 is 0 Å². The van der Waals surface area contributed by atoms with E-state index in [1.54, 1.807) is 41.9 Å². The zero-order chi connectivity index (χ0) is 20.8. The number of halogens is 1. The first-order valence-corrected chi connectivity index (χ1v) is 9.69. The van der Waals surface area contributed by atoms with Crippen molar-refractivity contribution in [2.45, 2.75) is 12.3 Å². The van der Waals surface area contributed by atoms with Gasteiger partial charge in [0.1, 0.15) is 5.02 Å². The van der Waals surface area contributed by atoms with Crippen LogP contribution in [0, 0.1) is 10.1 Å². The van der Waals surface area contributed by atoms with Crippen molar-refractivity contribution in [2.24, 2.45) is 0 Å². The minimum atomic E-state index is -0.800. The van der Waals surface area contributed by atoms with Crippen molar-refractivity contribution in [3.05, 3.63) is 80.8 Å². The van der Waals surface area contributed by atoms with Crippen LogP contribution in [0.25, 0.3) is 0 Å². The van der Waals surface area contributed by atoms with Gasteiger partial charge in [0.2, 0.25) is 11.8 Å². The van der Waals surface area contributed by atoms with Crippen molar-refractivity contribution in [2.75, 3.05) is 10.6 Å². The van der Waals surface area contributed by atoms with Gasteiger partial charge in [-0.2, -0.15) is 0 Å². The van der Waals surface area contributed by atoms with E-state index in [0.29, 0.717) is 10.7 Å². The highest BCUT2D eigenvalue weighted by Crippen LogP contribution is 2.29. The maximum Gasteiger partial charge on any atom is 0.289 e. The van der Waals surface area contributed by atoms with Gasteiger partial charge in [0, 0.05) is 29.8 Å². The van der Waals surface area contributed by atoms with E-state index in [2.05, 4.69) is 15.6 Å². The molecule has 1 aromatic heterocycles. The van der Waals surface area contributed by atoms with E-state index in [1.165, 1.54) is 29.5 Å². The number of hydrogen-bond acceptors (Lipinski definition) is 6. The number of carbonyl (C=O) groups excluding carboxylic acids is 2. The van der Waals surface area contributed by atoms with Crippen molar-refractivity contribution in [3.63, 3.8) is 0 Å². The molecule has 0 fully saturated rings. The highest BCUT2D eigenvalue weighted by Gasteiger charge is 2.25. The molecule has 1 unspecified atom stereocenters. The summed E-state index contributed by atoms with van der Waals surface area (Å²) in [6, 6.07) is 12.8. The van der Waals surface area contributed by atoms with E-state index in [9.17, 15) is 19.7 Å². The van der Waals surface area contributed by atoms with Crippen LogP contribution in [0.4, 0.5) is 16.5 Å². The Morgan fingerprint density at radius 1 is 1.17 bits per heavy atom. The van der Waals surface area contributed by atoms with Crippen LogP contribution in [-0.4, -0.2) is 21.7 Å². The normalized spacial score (nSPS) is 11.5. The molecular weight excluding hydrogens is 416 g/mol. The second-order valence-corrected chi connectivity index (χ2v) is 7.27. The van der Waals surface area contributed by atoms with E-state index in [0.717, 1.165) is 0 Å². The Morgan fingerprint density at radius 2 is 1.93 bits per heavy atom. The molecule has 10 heteroatoms. The molecule has 0 saturated heterocycles. The molecule has 3 rings (SSSR count). The molecule has 0 saturated carbocycles. The van der Waals surface area contributed by atoms with Crippen LogP contribution in [0.2, 0.25) is 5.02 Å². The number of nitrogens with zero attached hydrogens (tertiary/aromatic N) is 2. The van der Waals surface area contributed by atoms with Crippen molar-refractivity contribution in [1.82, 2.24) is 4.98 Å². The number of nitro groups is 1. The number of anilines is 2. The maximum atomic E-state index is 12.9. The molecule has 2 N–H and O–H groups in total. The average Bonchev–Trinajstić information content (AvgIpc) is 3.21. The summed E-state index contributed by atoms with van der Waals surface area (Å²) in [5.41, 5.74) is 0.539. The predicted octanol–water partition coefficient (Wildman–Crippen LogP) is 4.46. The van der Waals surface area contributed by atoms with E-state index >= 15 is 0 Å². The van der Waals surface area contributed by atoms with E-state index < -0.39 is 16.7 Å². The summed E-state index contributed by atoms with van der Waals surface area (Å²) in [7, 11) is 0. The van der Waals surface area contributed by atoms with Crippen LogP contribution in [0.1, 0.15) is 17.9 Å². The SMILES string of the molecule is O=C(CC(C(=O)Nc1ccc(Cl)c([N+](=O)[O-])c1)c1ccccc1)Nc1nccs1. The molecule has 0 spiro atoms. The first-order valence-electron chi connectivity index (χ1n) is 8.43. The fourth-order valence-electron chi connectivity index (χ4n) is 2.65. The third kappa shape index (κ3) is 5.37. The number of amides is 2. The summed E-state index contributed by atoms with van der Waals surface area (Å²) in [6.45, 7) is 0. The molecule has 1 atom stereocenters. The molecular formula is C19H15ClN4O4S. The molecule has 29 heavy (non-hydrogen) atoms. The van der Waals surface area contributed by atoms with Crippen molar-refractivity contribution in [3.8, 4) is 0 Å². The Morgan fingerprint density at radius 3 is 2.59 bits per heavy atom. The molecule has 0 bridgehead atoms. The van der Waals surface area contributed by atoms with Crippen molar-refractivity contribution in [1.29, 1.82) is 0 Å². The van der Waals surface area contributed by atoms with Gasteiger partial charge < -0.3 is 10.6 Å². The Kier molecular flexibility index (Phi) is 6.53. The van der Waals surface area contributed by atoms with E-state index in [-0.39, 0.29) is 28.7 Å². The lowest BCUT2D eigenvalue weighted by molar-refractivity contribution is -0.384. The Labute approximate surface area is 174 Å². The number of carbonyl (C=O) groups is 2. The maximum absolute atomic E-state index is 12.9. The van der Waals surface area contributed by atoms with Crippen molar-refractivity contribution >= 4 is 51.3 Å². The Hall–Kier alpha value is -3.30. The number of nitrogens with one attached hydrogen (secondary N) is 2. The lowest BCUT2D eigenvalue weighted by atomic mass is 9.94. The monoisotopic (exact) mass is 430 g/mol. The molecule has 0 aliphatic carbocycles. The zero-order valence-corrected chi connectivity index (χ0v) is 16.4. The minimum absolute atomic E-state index is 0.0320. The lowest BCUT2D eigenvalue weighted by Gasteiger charge is -2.17. The summed E-state index contributed by atoms with van der Waals surface area (Å²) in [5, 5.41) is 18.5. The van der Waals surface area contributed by atoms with Gasteiger partial charge in [0.05, 0.1) is 10.8 Å². The van der Waals surface area contributed by atoms with Gasteiger partial charge in [-0.25, -0.2) is 4.98 Å². The summed E-state index contributed by atoms with van der Waals surface area (Å²) in [4.78, 5) is 39.7. The summed E-state index contributed by atoms with van der Waals surface area (Å²) < 4.78 is 0. The smallest absolute Gasteiger partial charge is 0.289 e. The molecule has 2 amide bonds. The van der Waals surface area contributed by atoms with Crippen LogP contribution >= 0.6 is 22.9 Å². The molecule has 0 radical (unpaired) electrons. The first-order chi connectivity index (χ1) is 13.9. The standard InChI is InChI=1S/C19H15ClN4O4S/c20-15-7-6-13(10-16(15)24(27)28)22-18(26)14(12-4-2-1-3-5-12)11-17(25)23-19-21-8-9-29-19/h1-10,14H,11H2,(H,22,26)(H,21,23,25). The van der Waals surface area contributed by atoms with Crippen LogP contribution in [0.15, 0.2) is 60.1 Å². The fraction of sp³-hybridized carbons (Fsp3) is 0.105. The van der Waals surface area contributed by atoms with Crippen LogP contribution in [-0.2, 0) is 9.59 Å². The number of nitro benzene ring substituents is 1. The van der Waals surface area contributed by atoms with Gasteiger partial charge in [0.25, 0.3) is 5.69 Å². The van der Waals surface area contributed by atoms with Gasteiger partial charge in [-0.1, -0.05) is 41.9 Å². The van der Waals surface area contributed by atoms with Gasteiger partial charge in [0.15, 0.2) is 5.13 Å². The summed E-state index contributed by atoms with van der Waals surface area (Å²) in [5.74, 6) is -1.64. The Balaban J connectivity index is 1.80. The lowest BCUT2D eigenvalue weighted by Crippen LogP contribution is -2.26. The first kappa shape index (κ1) is 20.4. The molecule has 3 aromatic rings. The van der Waals surface area contributed by atoms with Gasteiger partial charge in [-0.15, -0.1) is 11.3 Å². The molecule has 0 aliphatic heterocycles. The largest absolute Gasteiger partial charge is 0.325 e. The topological polar surface area (TPSA) is 114 Å². The average molecular weight is 431 g/mol. The molecule has 2 aromatic carbocycles. The molecule has 0 aliphatic rings. The third-order valence-electron chi connectivity index (χ3n) is 4.00. The number of benzene rings is 2. The summed E-state index contributed by atoms with van der Waals surface area (Å²) >= 11 is 7.08. The number of rotatable bonds is 7. The zero-order valence-electron chi connectivity index (χ0n) is 14.9. The second kappa shape index (κ2) is 9.26. The third-order valence-corrected chi connectivity index (χ3v) is 5.01. The number of aromatic nitrogens is 1. The summed E-state index contributed by atoms with van der Waals surface area (Å²) in [6.07, 6.45) is 1.44. The van der Waals surface area contributed by atoms with Crippen LogP contribution < -0.4 is 10.6 Å². The highest BCUT2D eigenvalue weighted by molar-refractivity contribution is 7.13. The van der Waals surface area contributed by atoms with Gasteiger partial charge in [-0.05, 0) is 17.7 Å². The predicted molar refractivity (Wildman–Crippen MR) is 111 cm³/mol. The quantitative estimate of drug-likeness (QED) is 0.424. The number of thiazole rings is 1. The number of hydrogen-bond donors (Lipinski definition) is 2. The van der Waals surface area contributed by atoms with E-state index in [1.807, 2.05) is 0 Å². The van der Waals surface area contributed by atoms with E-state index in [4.69, 9.17) is 11.6 Å². The van der Waals surface area contributed by atoms with Crippen LogP contribution in [0.3, 0.4) is 0 Å². The second-order valence-electron chi connectivity index (χ2n) is 5.97. The Bertz CT molecular complexity index is 1030.